The fourth-order valence-corrected chi connectivity index (χ4v) is 6.14. The molecule has 0 aliphatic carbocycles. The Hall–Kier alpha value is -1.91. The molecule has 0 atom stereocenters. The van der Waals surface area contributed by atoms with Crippen molar-refractivity contribution >= 4 is 66.4 Å². The predicted molar refractivity (Wildman–Crippen MR) is 142 cm³/mol. The van der Waals surface area contributed by atoms with Crippen molar-refractivity contribution in [3.05, 3.63) is 47.0 Å². The largest absolute Gasteiger partial charge is 0.497 e. The number of methoxy groups -OCH3 is 1. The second kappa shape index (κ2) is 12.2. The molecular formula is C23H29Cl2N3O4S2. The number of anilines is 1. The van der Waals surface area contributed by atoms with E-state index in [1.54, 1.807) is 12.1 Å². The molecule has 7 nitrogen and oxygen atoms in total. The van der Waals surface area contributed by atoms with E-state index in [2.05, 4.69) is 9.88 Å². The number of benzene rings is 2. The number of amides is 1. The summed E-state index contributed by atoms with van der Waals surface area (Å²) >= 11 is 7.53. The molecule has 0 unspecified atom stereocenters. The average molecular weight is 547 g/mol. The minimum absolute atomic E-state index is 0. The fraction of sp³-hybridized carbons (Fsp3) is 0.391. The lowest BCUT2D eigenvalue weighted by atomic mass is 10.2. The summed E-state index contributed by atoms with van der Waals surface area (Å²) in [6, 6.07) is 9.66. The SMILES string of the molecule is CCN(CC)CCN(C(=O)CS(=O)(=O)c1ccc(OC)cc1)c1nc2c(C)cc(Cl)cc2s1.Cl. The predicted octanol–water partition coefficient (Wildman–Crippen LogP) is 4.84. The topological polar surface area (TPSA) is 79.8 Å². The molecule has 11 heteroatoms. The first-order chi connectivity index (χ1) is 15.7. The van der Waals surface area contributed by atoms with Crippen molar-refractivity contribution in [1.29, 1.82) is 0 Å². The lowest BCUT2D eigenvalue weighted by molar-refractivity contribution is -0.116. The standard InChI is InChI=1S/C23H28ClN3O4S2.ClH/c1-5-26(6-2)11-12-27(23-25-22-16(3)13-17(24)14-20(22)32-23)21(28)15-33(29,30)19-9-7-18(31-4)8-10-19;/h7-10,13-14H,5-6,11-12,15H2,1-4H3;1H. The summed E-state index contributed by atoms with van der Waals surface area (Å²) in [7, 11) is -2.33. The number of rotatable bonds is 10. The second-order valence-corrected chi connectivity index (χ2v) is 11.0. The maximum absolute atomic E-state index is 13.3. The molecule has 0 radical (unpaired) electrons. The van der Waals surface area contributed by atoms with Crippen LogP contribution >= 0.6 is 35.3 Å². The van der Waals surface area contributed by atoms with E-state index in [0.717, 1.165) is 28.9 Å². The third kappa shape index (κ3) is 6.60. The molecule has 0 spiro atoms. The van der Waals surface area contributed by atoms with Crippen LogP contribution in [-0.2, 0) is 14.6 Å². The van der Waals surface area contributed by atoms with E-state index in [9.17, 15) is 13.2 Å². The Balaban J connectivity index is 0.00000408. The fourth-order valence-electron chi connectivity index (χ4n) is 3.47. The highest BCUT2D eigenvalue weighted by molar-refractivity contribution is 7.92. The highest BCUT2D eigenvalue weighted by atomic mass is 35.5. The van der Waals surface area contributed by atoms with E-state index in [-0.39, 0.29) is 17.3 Å². The van der Waals surface area contributed by atoms with Gasteiger partial charge in [0.25, 0.3) is 0 Å². The number of sulfone groups is 1. The molecule has 1 amide bonds. The van der Waals surface area contributed by atoms with Crippen LogP contribution in [0.15, 0.2) is 41.3 Å². The summed E-state index contributed by atoms with van der Waals surface area (Å²) in [4.78, 5) is 21.7. The number of thiazole rings is 1. The number of aryl methyl sites for hydroxylation is 1. The number of likely N-dealkylation sites (N-methyl/N-ethyl adjacent to an activating group) is 1. The summed E-state index contributed by atoms with van der Waals surface area (Å²) < 4.78 is 31.9. The van der Waals surface area contributed by atoms with Gasteiger partial charge in [0, 0.05) is 18.1 Å². The monoisotopic (exact) mass is 545 g/mol. The molecular weight excluding hydrogens is 517 g/mol. The summed E-state index contributed by atoms with van der Waals surface area (Å²) in [6.45, 7) is 8.62. The van der Waals surface area contributed by atoms with Crippen LogP contribution in [0.3, 0.4) is 0 Å². The van der Waals surface area contributed by atoms with Crippen LogP contribution < -0.4 is 9.64 Å². The van der Waals surface area contributed by atoms with Crippen LogP contribution in [0.4, 0.5) is 5.13 Å². The number of hydrogen-bond donors (Lipinski definition) is 0. The van der Waals surface area contributed by atoms with E-state index in [1.165, 1.54) is 35.5 Å². The lowest BCUT2D eigenvalue weighted by Gasteiger charge is -2.24. The number of carbonyl (C=O) groups excluding carboxylic acids is 1. The molecule has 1 aromatic heterocycles. The Morgan fingerprint density at radius 3 is 2.35 bits per heavy atom. The Morgan fingerprint density at radius 2 is 1.76 bits per heavy atom. The highest BCUT2D eigenvalue weighted by Crippen LogP contribution is 2.33. The minimum atomic E-state index is -3.84. The van der Waals surface area contributed by atoms with Crippen molar-refractivity contribution in [3.63, 3.8) is 0 Å². The van der Waals surface area contributed by atoms with Gasteiger partial charge in [-0.2, -0.15) is 0 Å². The highest BCUT2D eigenvalue weighted by Gasteiger charge is 2.27. The van der Waals surface area contributed by atoms with E-state index in [4.69, 9.17) is 16.3 Å². The Labute approximate surface area is 216 Å². The molecule has 0 fully saturated rings. The van der Waals surface area contributed by atoms with Gasteiger partial charge in [-0.15, -0.1) is 12.4 Å². The number of halogens is 2. The van der Waals surface area contributed by atoms with E-state index in [1.807, 2.05) is 32.9 Å². The molecule has 0 N–H and O–H groups in total. The van der Waals surface area contributed by atoms with Crippen molar-refractivity contribution in [2.24, 2.45) is 0 Å². The van der Waals surface area contributed by atoms with Crippen molar-refractivity contribution in [2.45, 2.75) is 25.7 Å². The quantitative estimate of drug-likeness (QED) is 0.362. The second-order valence-electron chi connectivity index (χ2n) is 7.57. The van der Waals surface area contributed by atoms with Crippen LogP contribution in [0.5, 0.6) is 5.75 Å². The molecule has 0 bridgehead atoms. The number of ether oxygens (including phenoxy) is 1. The van der Waals surface area contributed by atoms with Crippen LogP contribution in [0.25, 0.3) is 10.2 Å². The van der Waals surface area contributed by atoms with E-state index < -0.39 is 21.5 Å². The van der Waals surface area contributed by atoms with Gasteiger partial charge in [-0.3, -0.25) is 9.69 Å². The maximum Gasteiger partial charge on any atom is 0.244 e. The van der Waals surface area contributed by atoms with Crippen molar-refractivity contribution in [3.8, 4) is 5.75 Å². The molecule has 0 saturated heterocycles. The molecule has 34 heavy (non-hydrogen) atoms. The van der Waals surface area contributed by atoms with Crippen molar-refractivity contribution < 1.29 is 17.9 Å². The molecule has 1 heterocycles. The van der Waals surface area contributed by atoms with E-state index >= 15 is 0 Å². The van der Waals surface area contributed by atoms with Gasteiger partial charge in [0.15, 0.2) is 15.0 Å². The Bertz CT molecular complexity index is 1230. The molecule has 3 aromatic rings. The first-order valence-electron chi connectivity index (χ1n) is 10.6. The first kappa shape index (κ1) is 28.3. The molecule has 186 valence electrons. The van der Waals surface area contributed by atoms with Crippen LogP contribution in [0.1, 0.15) is 19.4 Å². The maximum atomic E-state index is 13.3. The van der Waals surface area contributed by atoms with E-state index in [0.29, 0.717) is 29.0 Å². The molecule has 0 aliphatic heterocycles. The molecule has 0 saturated carbocycles. The lowest BCUT2D eigenvalue weighted by Crippen LogP contribution is -2.41. The molecule has 2 aromatic carbocycles. The van der Waals surface area contributed by atoms with Crippen LogP contribution in [0, 0.1) is 6.92 Å². The van der Waals surface area contributed by atoms with Gasteiger partial charge in [-0.1, -0.05) is 36.8 Å². The molecule has 0 aliphatic rings. The zero-order valence-electron chi connectivity index (χ0n) is 19.6. The van der Waals surface area contributed by atoms with Gasteiger partial charge in [0.2, 0.25) is 5.91 Å². The summed E-state index contributed by atoms with van der Waals surface area (Å²) in [6.07, 6.45) is 0. The van der Waals surface area contributed by atoms with Crippen LogP contribution in [-0.4, -0.2) is 63.3 Å². The number of nitrogens with zero attached hydrogens (tertiary/aromatic N) is 3. The van der Waals surface area contributed by atoms with Crippen LogP contribution in [0.2, 0.25) is 5.02 Å². The zero-order valence-corrected chi connectivity index (χ0v) is 22.8. The number of carbonyl (C=O) groups is 1. The average Bonchev–Trinajstić information content (AvgIpc) is 3.20. The van der Waals surface area contributed by atoms with Gasteiger partial charge in [-0.05, 0) is 62.0 Å². The van der Waals surface area contributed by atoms with Gasteiger partial charge in [-0.25, -0.2) is 13.4 Å². The van der Waals surface area contributed by atoms with Gasteiger partial charge in [0.05, 0.1) is 22.2 Å². The Morgan fingerprint density at radius 1 is 1.12 bits per heavy atom. The normalized spacial score (nSPS) is 11.5. The van der Waals surface area contributed by atoms with Gasteiger partial charge >= 0.3 is 0 Å². The van der Waals surface area contributed by atoms with Gasteiger partial charge < -0.3 is 9.64 Å². The number of fused-ring (bicyclic) bond motifs is 1. The third-order valence-corrected chi connectivity index (χ3v) is 8.30. The molecule has 3 rings (SSSR count). The number of hydrogen-bond acceptors (Lipinski definition) is 7. The zero-order chi connectivity index (χ0) is 24.2. The van der Waals surface area contributed by atoms with Gasteiger partial charge in [0.1, 0.15) is 11.5 Å². The smallest absolute Gasteiger partial charge is 0.244 e. The third-order valence-electron chi connectivity index (χ3n) is 5.44. The number of aromatic nitrogens is 1. The van der Waals surface area contributed by atoms with Crippen molar-refractivity contribution in [2.75, 3.05) is 43.9 Å². The summed E-state index contributed by atoms with van der Waals surface area (Å²) in [5.41, 5.74) is 1.67. The summed E-state index contributed by atoms with van der Waals surface area (Å²) in [5.74, 6) is -0.613. The minimum Gasteiger partial charge on any atom is -0.497 e. The van der Waals surface area contributed by atoms with Crippen molar-refractivity contribution in [1.82, 2.24) is 9.88 Å². The summed E-state index contributed by atoms with van der Waals surface area (Å²) in [5, 5.41) is 1.07. The Kier molecular flexibility index (Phi) is 10.1. The first-order valence-corrected chi connectivity index (χ1v) is 13.5.